The zero-order chi connectivity index (χ0) is 15.5. The highest BCUT2D eigenvalue weighted by atomic mass is 16.4. The van der Waals surface area contributed by atoms with Crippen LogP contribution in [-0.4, -0.2) is 30.0 Å². The Morgan fingerprint density at radius 1 is 1.24 bits per heavy atom. The summed E-state index contributed by atoms with van der Waals surface area (Å²) in [5.74, 6) is 0.0369. The molecule has 6 nitrogen and oxygen atoms in total. The van der Waals surface area contributed by atoms with Crippen LogP contribution in [0.5, 0.6) is 0 Å². The summed E-state index contributed by atoms with van der Waals surface area (Å²) < 4.78 is 0. The number of hydrogen-bond donors (Lipinski definition) is 4. The van der Waals surface area contributed by atoms with Gasteiger partial charge in [-0.3, -0.25) is 4.79 Å². The molecule has 1 aromatic rings. The number of carbonyl (C=O) groups is 1. The lowest BCUT2D eigenvalue weighted by molar-refractivity contribution is -0.116. The van der Waals surface area contributed by atoms with E-state index < -0.39 is 0 Å². The molecule has 1 aromatic carbocycles. The molecule has 0 atom stereocenters. The van der Waals surface area contributed by atoms with E-state index in [9.17, 15) is 4.79 Å². The van der Waals surface area contributed by atoms with Gasteiger partial charge in [-0.2, -0.15) is 0 Å². The molecular formula is C15H24N4O2. The second-order valence-electron chi connectivity index (χ2n) is 4.82. The van der Waals surface area contributed by atoms with Crippen molar-refractivity contribution < 1.29 is 10.0 Å². The Morgan fingerprint density at radius 2 is 1.90 bits per heavy atom. The highest BCUT2D eigenvalue weighted by molar-refractivity contribution is 5.98. The van der Waals surface area contributed by atoms with E-state index in [0.29, 0.717) is 17.7 Å². The van der Waals surface area contributed by atoms with Crippen molar-refractivity contribution in [3.05, 3.63) is 29.8 Å². The van der Waals surface area contributed by atoms with Gasteiger partial charge in [0.15, 0.2) is 5.84 Å². The smallest absolute Gasteiger partial charge is 0.224 e. The molecule has 1 rings (SSSR count). The molecule has 0 heterocycles. The second-order valence-corrected chi connectivity index (χ2v) is 4.82. The highest BCUT2D eigenvalue weighted by Crippen LogP contribution is 2.10. The Labute approximate surface area is 125 Å². The van der Waals surface area contributed by atoms with E-state index in [4.69, 9.17) is 10.9 Å². The van der Waals surface area contributed by atoms with Crippen molar-refractivity contribution in [2.24, 2.45) is 10.9 Å². The van der Waals surface area contributed by atoms with Gasteiger partial charge in [0, 0.05) is 17.7 Å². The predicted octanol–water partition coefficient (Wildman–Crippen LogP) is 1.89. The molecule has 0 fully saturated rings. The van der Waals surface area contributed by atoms with Gasteiger partial charge in [-0.1, -0.05) is 18.5 Å². The van der Waals surface area contributed by atoms with Gasteiger partial charge >= 0.3 is 0 Å². The van der Waals surface area contributed by atoms with Crippen LogP contribution in [-0.2, 0) is 4.79 Å². The number of nitrogens with zero attached hydrogens (tertiary/aromatic N) is 1. The Kier molecular flexibility index (Phi) is 7.89. The average Bonchev–Trinajstić information content (AvgIpc) is 2.50. The van der Waals surface area contributed by atoms with Crippen molar-refractivity contribution >= 4 is 17.4 Å². The van der Waals surface area contributed by atoms with Gasteiger partial charge in [-0.15, -0.1) is 0 Å². The summed E-state index contributed by atoms with van der Waals surface area (Å²) in [6.45, 7) is 4.02. The van der Waals surface area contributed by atoms with Crippen LogP contribution >= 0.6 is 0 Å². The molecule has 0 spiro atoms. The number of nitrogens with two attached hydrogens (primary N) is 1. The van der Waals surface area contributed by atoms with Crippen molar-refractivity contribution in [1.29, 1.82) is 0 Å². The fourth-order valence-corrected chi connectivity index (χ4v) is 1.81. The summed E-state index contributed by atoms with van der Waals surface area (Å²) in [5.41, 5.74) is 6.78. The van der Waals surface area contributed by atoms with Crippen LogP contribution in [0.4, 0.5) is 5.69 Å². The predicted molar refractivity (Wildman–Crippen MR) is 84.6 cm³/mol. The third kappa shape index (κ3) is 6.76. The van der Waals surface area contributed by atoms with Crippen LogP contribution in [0.15, 0.2) is 29.4 Å². The van der Waals surface area contributed by atoms with E-state index in [1.165, 1.54) is 12.8 Å². The van der Waals surface area contributed by atoms with Gasteiger partial charge in [0.1, 0.15) is 0 Å². The third-order valence-corrected chi connectivity index (χ3v) is 3.04. The normalized spacial score (nSPS) is 11.4. The average molecular weight is 292 g/mol. The number of unbranched alkanes of at least 4 members (excludes halogenated alkanes) is 1. The molecule has 0 bridgehead atoms. The lowest BCUT2D eigenvalue weighted by Crippen LogP contribution is -2.19. The highest BCUT2D eigenvalue weighted by Gasteiger charge is 2.03. The van der Waals surface area contributed by atoms with Gasteiger partial charge in [-0.05, 0) is 50.2 Å². The quantitative estimate of drug-likeness (QED) is 0.184. The number of hydrogen-bond acceptors (Lipinski definition) is 4. The molecule has 0 aliphatic carbocycles. The second kappa shape index (κ2) is 9.77. The van der Waals surface area contributed by atoms with E-state index in [2.05, 4.69) is 22.7 Å². The standard InChI is InChI=1S/C15H24N4O2/c1-2-3-10-17-11-4-5-14(20)18-13-8-6-12(7-9-13)15(16)19-21/h6-9,17,21H,2-5,10-11H2,1H3,(H2,16,19)(H,18,20). The summed E-state index contributed by atoms with van der Waals surface area (Å²) >= 11 is 0. The van der Waals surface area contributed by atoms with Crippen molar-refractivity contribution in [2.45, 2.75) is 32.6 Å². The number of anilines is 1. The molecule has 0 aliphatic rings. The van der Waals surface area contributed by atoms with Gasteiger partial charge < -0.3 is 21.6 Å². The zero-order valence-corrected chi connectivity index (χ0v) is 12.4. The minimum absolute atomic E-state index is 0.0103. The van der Waals surface area contributed by atoms with Gasteiger partial charge in [-0.25, -0.2) is 0 Å². The number of nitrogens with one attached hydrogen (secondary N) is 2. The molecule has 1 amide bonds. The number of amides is 1. The number of carbonyl (C=O) groups excluding carboxylic acids is 1. The maximum atomic E-state index is 11.7. The topological polar surface area (TPSA) is 99.7 Å². The van der Waals surface area contributed by atoms with E-state index in [1.807, 2.05) is 0 Å². The molecule has 0 saturated heterocycles. The minimum atomic E-state index is -0.0103. The molecule has 5 N–H and O–H groups in total. The van der Waals surface area contributed by atoms with Crippen LogP contribution < -0.4 is 16.4 Å². The number of benzene rings is 1. The van der Waals surface area contributed by atoms with Crippen LogP contribution in [0.25, 0.3) is 0 Å². The molecular weight excluding hydrogens is 268 g/mol. The molecule has 0 radical (unpaired) electrons. The van der Waals surface area contributed by atoms with Crippen molar-refractivity contribution in [3.8, 4) is 0 Å². The molecule has 21 heavy (non-hydrogen) atoms. The number of rotatable bonds is 9. The first-order valence-corrected chi connectivity index (χ1v) is 7.26. The first-order valence-electron chi connectivity index (χ1n) is 7.26. The SMILES string of the molecule is CCCCNCCCC(=O)Nc1ccc(/C(N)=N/O)cc1. The van der Waals surface area contributed by atoms with Crippen molar-refractivity contribution in [1.82, 2.24) is 5.32 Å². The van der Waals surface area contributed by atoms with Crippen molar-refractivity contribution in [2.75, 3.05) is 18.4 Å². The van der Waals surface area contributed by atoms with Gasteiger partial charge in [0.2, 0.25) is 5.91 Å². The zero-order valence-electron chi connectivity index (χ0n) is 12.4. The number of amidine groups is 1. The Bertz CT molecular complexity index is 457. The van der Waals surface area contributed by atoms with Crippen LogP contribution in [0, 0.1) is 0 Å². The summed E-state index contributed by atoms with van der Waals surface area (Å²) in [6.07, 6.45) is 3.65. The van der Waals surface area contributed by atoms with Crippen molar-refractivity contribution in [3.63, 3.8) is 0 Å². The lowest BCUT2D eigenvalue weighted by Gasteiger charge is -2.07. The largest absolute Gasteiger partial charge is 0.409 e. The maximum absolute atomic E-state index is 11.7. The lowest BCUT2D eigenvalue weighted by atomic mass is 10.2. The fourth-order valence-electron chi connectivity index (χ4n) is 1.81. The first kappa shape index (κ1) is 17.0. The molecule has 0 aromatic heterocycles. The molecule has 0 unspecified atom stereocenters. The van der Waals surface area contributed by atoms with Crippen LogP contribution in [0.1, 0.15) is 38.2 Å². The van der Waals surface area contributed by atoms with Gasteiger partial charge in [0.25, 0.3) is 0 Å². The van der Waals surface area contributed by atoms with E-state index >= 15 is 0 Å². The molecule has 0 saturated carbocycles. The maximum Gasteiger partial charge on any atom is 0.224 e. The fraction of sp³-hybridized carbons (Fsp3) is 0.467. The third-order valence-electron chi connectivity index (χ3n) is 3.04. The Morgan fingerprint density at radius 3 is 2.52 bits per heavy atom. The van der Waals surface area contributed by atoms with Crippen LogP contribution in [0.3, 0.4) is 0 Å². The Balaban J connectivity index is 2.28. The molecule has 0 aliphatic heterocycles. The first-order chi connectivity index (χ1) is 10.2. The summed E-state index contributed by atoms with van der Waals surface area (Å²) in [6, 6.07) is 6.84. The van der Waals surface area contributed by atoms with E-state index in [0.717, 1.165) is 19.5 Å². The monoisotopic (exact) mass is 292 g/mol. The molecule has 6 heteroatoms. The van der Waals surface area contributed by atoms with Gasteiger partial charge in [0.05, 0.1) is 0 Å². The minimum Gasteiger partial charge on any atom is -0.409 e. The Hall–Kier alpha value is -2.08. The van der Waals surface area contributed by atoms with E-state index in [1.54, 1.807) is 24.3 Å². The number of oxime groups is 1. The summed E-state index contributed by atoms with van der Waals surface area (Å²) in [7, 11) is 0. The summed E-state index contributed by atoms with van der Waals surface area (Å²) in [4.78, 5) is 11.7. The van der Waals surface area contributed by atoms with Crippen LogP contribution in [0.2, 0.25) is 0 Å². The summed E-state index contributed by atoms with van der Waals surface area (Å²) in [5, 5.41) is 17.6. The molecule has 116 valence electrons. The van der Waals surface area contributed by atoms with E-state index in [-0.39, 0.29) is 11.7 Å².